The predicted molar refractivity (Wildman–Crippen MR) is 65.2 cm³/mol. The number of hydrogen-bond donors (Lipinski definition) is 3. The average Bonchev–Trinajstić information content (AvgIpc) is 2.26. The molecule has 1 aromatic rings. The highest BCUT2D eigenvalue weighted by atomic mass is 32.1. The van der Waals surface area contributed by atoms with Crippen LogP contribution < -0.4 is 16.6 Å². The van der Waals surface area contributed by atoms with Crippen molar-refractivity contribution in [1.29, 1.82) is 0 Å². The molecule has 1 aromatic carbocycles. The van der Waals surface area contributed by atoms with Gasteiger partial charge in [-0.15, -0.1) is 0 Å². The first-order valence-corrected chi connectivity index (χ1v) is 5.57. The van der Waals surface area contributed by atoms with Crippen molar-refractivity contribution >= 4 is 17.3 Å². The molecule has 80 valence electrons. The molecule has 1 aliphatic carbocycles. The van der Waals surface area contributed by atoms with E-state index < -0.39 is 0 Å². The largest absolute Gasteiger partial charge is 0.375 e. The predicted octanol–water partition coefficient (Wildman–Crippen LogP) is 1.40. The first-order valence-electron chi connectivity index (χ1n) is 5.16. The Bertz CT molecular complexity index is 365. The number of fused-ring (bicyclic) bond motifs is 1. The summed E-state index contributed by atoms with van der Waals surface area (Å²) in [7, 11) is 0. The fraction of sp³-hybridized carbons (Fsp3) is 0.364. The van der Waals surface area contributed by atoms with Crippen LogP contribution in [0.2, 0.25) is 0 Å². The monoisotopic (exact) mass is 221 g/mol. The van der Waals surface area contributed by atoms with E-state index in [9.17, 15) is 0 Å². The van der Waals surface area contributed by atoms with Crippen LogP contribution in [0.3, 0.4) is 0 Å². The minimum atomic E-state index is 0.290. The first-order chi connectivity index (χ1) is 7.27. The summed E-state index contributed by atoms with van der Waals surface area (Å²) in [5.41, 5.74) is 14.1. The number of nitrogens with one attached hydrogen (secondary N) is 2. The fourth-order valence-electron chi connectivity index (χ4n) is 2.06. The van der Waals surface area contributed by atoms with E-state index in [2.05, 4.69) is 35.1 Å². The number of aryl methyl sites for hydroxylation is 1. The fourth-order valence-corrected chi connectivity index (χ4v) is 2.12. The van der Waals surface area contributed by atoms with Crippen LogP contribution >= 0.6 is 12.2 Å². The second-order valence-electron chi connectivity index (χ2n) is 3.78. The Hall–Kier alpha value is -1.13. The molecule has 15 heavy (non-hydrogen) atoms. The lowest BCUT2D eigenvalue weighted by molar-refractivity contribution is 0.442. The van der Waals surface area contributed by atoms with Crippen LogP contribution in [0.4, 0.5) is 0 Å². The number of benzene rings is 1. The molecule has 0 heterocycles. The first kappa shape index (κ1) is 10.4. The molecule has 4 heteroatoms. The lowest BCUT2D eigenvalue weighted by Crippen LogP contribution is -2.43. The van der Waals surface area contributed by atoms with Crippen molar-refractivity contribution in [2.75, 3.05) is 0 Å². The van der Waals surface area contributed by atoms with Crippen LogP contribution in [0, 0.1) is 0 Å². The summed E-state index contributed by atoms with van der Waals surface area (Å²) >= 11 is 4.77. The van der Waals surface area contributed by atoms with E-state index in [1.165, 1.54) is 24.0 Å². The Morgan fingerprint density at radius 2 is 2.20 bits per heavy atom. The summed E-state index contributed by atoms with van der Waals surface area (Å²) in [6.07, 6.45) is 3.49. The minimum Gasteiger partial charge on any atom is -0.375 e. The highest BCUT2D eigenvalue weighted by molar-refractivity contribution is 7.80. The summed E-state index contributed by atoms with van der Waals surface area (Å²) in [6.45, 7) is 0. The molecule has 1 atom stereocenters. The zero-order valence-electron chi connectivity index (χ0n) is 8.49. The molecule has 0 aromatic heterocycles. The standard InChI is InChI=1S/C11H15N3S/c12-11(15)14-13-10-7-3-5-8-4-1-2-6-9(8)10/h1-2,4,6,10,13H,3,5,7H2,(H3,12,14,15). The molecule has 2 rings (SSSR count). The molecule has 1 unspecified atom stereocenters. The molecule has 0 bridgehead atoms. The number of nitrogens with two attached hydrogens (primary N) is 1. The maximum atomic E-state index is 5.39. The van der Waals surface area contributed by atoms with E-state index in [1.807, 2.05) is 0 Å². The van der Waals surface area contributed by atoms with E-state index >= 15 is 0 Å². The van der Waals surface area contributed by atoms with Crippen LogP contribution in [-0.2, 0) is 6.42 Å². The van der Waals surface area contributed by atoms with Gasteiger partial charge in [0.1, 0.15) is 0 Å². The van der Waals surface area contributed by atoms with Gasteiger partial charge in [0, 0.05) is 0 Å². The van der Waals surface area contributed by atoms with Gasteiger partial charge in [-0.05, 0) is 42.6 Å². The van der Waals surface area contributed by atoms with Gasteiger partial charge in [0.05, 0.1) is 6.04 Å². The zero-order chi connectivity index (χ0) is 10.7. The van der Waals surface area contributed by atoms with Crippen molar-refractivity contribution in [1.82, 2.24) is 10.9 Å². The molecule has 0 saturated carbocycles. The third-order valence-corrected chi connectivity index (χ3v) is 2.84. The number of rotatable bonds is 2. The summed E-state index contributed by atoms with van der Waals surface area (Å²) < 4.78 is 0. The van der Waals surface area contributed by atoms with Gasteiger partial charge in [0.2, 0.25) is 0 Å². The molecule has 0 radical (unpaired) electrons. The SMILES string of the molecule is NC(=S)NNC1CCCc2ccccc21. The summed E-state index contributed by atoms with van der Waals surface area (Å²) in [5, 5.41) is 0.290. The molecule has 1 aliphatic rings. The molecule has 0 saturated heterocycles. The number of hydrazine groups is 1. The van der Waals surface area contributed by atoms with Gasteiger partial charge in [-0.25, -0.2) is 5.43 Å². The second kappa shape index (κ2) is 4.59. The van der Waals surface area contributed by atoms with Gasteiger partial charge in [0.25, 0.3) is 0 Å². The van der Waals surface area contributed by atoms with Crippen molar-refractivity contribution in [3.05, 3.63) is 35.4 Å². The number of hydrogen-bond acceptors (Lipinski definition) is 2. The molecular formula is C11H15N3S. The van der Waals surface area contributed by atoms with Crippen molar-refractivity contribution in [3.63, 3.8) is 0 Å². The van der Waals surface area contributed by atoms with E-state index in [0.717, 1.165) is 6.42 Å². The van der Waals surface area contributed by atoms with E-state index in [4.69, 9.17) is 18.0 Å². The average molecular weight is 221 g/mol. The summed E-state index contributed by atoms with van der Waals surface area (Å²) in [6, 6.07) is 8.82. The van der Waals surface area contributed by atoms with Crippen molar-refractivity contribution < 1.29 is 0 Å². The molecular weight excluding hydrogens is 206 g/mol. The minimum absolute atomic E-state index is 0.290. The maximum absolute atomic E-state index is 5.39. The molecule has 0 amide bonds. The van der Waals surface area contributed by atoms with E-state index in [-0.39, 0.29) is 5.11 Å². The second-order valence-corrected chi connectivity index (χ2v) is 4.22. The van der Waals surface area contributed by atoms with Crippen molar-refractivity contribution in [2.24, 2.45) is 5.73 Å². The maximum Gasteiger partial charge on any atom is 0.178 e. The van der Waals surface area contributed by atoms with E-state index in [1.54, 1.807) is 0 Å². The molecule has 0 aliphatic heterocycles. The van der Waals surface area contributed by atoms with Gasteiger partial charge in [-0.2, -0.15) is 0 Å². The lowest BCUT2D eigenvalue weighted by Gasteiger charge is -2.26. The normalized spacial score (nSPS) is 19.3. The highest BCUT2D eigenvalue weighted by Crippen LogP contribution is 2.28. The van der Waals surface area contributed by atoms with Crippen molar-refractivity contribution in [2.45, 2.75) is 25.3 Å². The summed E-state index contributed by atoms with van der Waals surface area (Å²) in [4.78, 5) is 0. The Morgan fingerprint density at radius 1 is 1.40 bits per heavy atom. The van der Waals surface area contributed by atoms with Crippen LogP contribution in [0.1, 0.15) is 30.0 Å². The Labute approximate surface area is 95.0 Å². The van der Waals surface area contributed by atoms with Crippen LogP contribution in [0.15, 0.2) is 24.3 Å². The van der Waals surface area contributed by atoms with Gasteiger partial charge in [-0.1, -0.05) is 24.3 Å². The Balaban J connectivity index is 2.11. The van der Waals surface area contributed by atoms with Gasteiger partial charge < -0.3 is 5.73 Å². The van der Waals surface area contributed by atoms with Gasteiger partial charge >= 0.3 is 0 Å². The van der Waals surface area contributed by atoms with Gasteiger partial charge in [0.15, 0.2) is 5.11 Å². The Morgan fingerprint density at radius 3 is 3.00 bits per heavy atom. The quantitative estimate of drug-likeness (QED) is 0.522. The third-order valence-electron chi connectivity index (χ3n) is 2.74. The topological polar surface area (TPSA) is 50.1 Å². The van der Waals surface area contributed by atoms with Crippen LogP contribution in [0.25, 0.3) is 0 Å². The van der Waals surface area contributed by atoms with Crippen LogP contribution in [0.5, 0.6) is 0 Å². The Kier molecular flexibility index (Phi) is 3.18. The zero-order valence-corrected chi connectivity index (χ0v) is 9.31. The summed E-state index contributed by atoms with van der Waals surface area (Å²) in [5.74, 6) is 0. The highest BCUT2D eigenvalue weighted by Gasteiger charge is 2.18. The third kappa shape index (κ3) is 2.46. The van der Waals surface area contributed by atoms with Crippen LogP contribution in [-0.4, -0.2) is 5.11 Å². The smallest absolute Gasteiger partial charge is 0.178 e. The van der Waals surface area contributed by atoms with Crippen molar-refractivity contribution in [3.8, 4) is 0 Å². The number of thiocarbonyl (C=S) groups is 1. The molecule has 4 N–H and O–H groups in total. The van der Waals surface area contributed by atoms with Gasteiger partial charge in [-0.3, -0.25) is 5.43 Å². The molecule has 3 nitrogen and oxygen atoms in total. The lowest BCUT2D eigenvalue weighted by atomic mass is 9.88. The molecule has 0 fully saturated rings. The molecule has 0 spiro atoms. The van der Waals surface area contributed by atoms with E-state index in [0.29, 0.717) is 6.04 Å².